The Bertz CT molecular complexity index is 840. The van der Waals surface area contributed by atoms with E-state index in [9.17, 15) is 13.2 Å². The molecule has 6 heteroatoms. The van der Waals surface area contributed by atoms with Crippen LogP contribution in [0, 0.1) is 0 Å². The zero-order chi connectivity index (χ0) is 17.2. The molecule has 1 N–H and O–H groups in total. The molecular weight excluding hydrogens is 317 g/mol. The lowest BCUT2D eigenvalue weighted by molar-refractivity contribution is -0.137. The second-order valence-electron chi connectivity index (χ2n) is 5.56. The largest absolute Gasteiger partial charge is 0.491 e. The Kier molecular flexibility index (Phi) is 4.46. The first-order valence-electron chi connectivity index (χ1n) is 7.76. The van der Waals surface area contributed by atoms with Crippen LogP contribution in [0.5, 0.6) is 5.75 Å². The molecule has 126 valence electrons. The number of aromatic nitrogens is 2. The third-order valence-corrected chi connectivity index (χ3v) is 3.78. The molecule has 3 aromatic rings. The van der Waals surface area contributed by atoms with Crippen molar-refractivity contribution in [2.45, 2.75) is 25.9 Å². The number of alkyl halides is 3. The molecule has 0 bridgehead atoms. The number of benzene rings is 1. The predicted octanol–water partition coefficient (Wildman–Crippen LogP) is 5.43. The molecule has 0 aliphatic rings. The van der Waals surface area contributed by atoms with Crippen molar-refractivity contribution in [2.75, 3.05) is 6.61 Å². The van der Waals surface area contributed by atoms with Crippen LogP contribution in [-0.2, 0) is 6.18 Å². The van der Waals surface area contributed by atoms with Gasteiger partial charge in [0, 0.05) is 22.7 Å². The van der Waals surface area contributed by atoms with Crippen LogP contribution in [0.4, 0.5) is 13.2 Å². The highest BCUT2D eigenvalue weighted by Gasteiger charge is 2.30. The van der Waals surface area contributed by atoms with Gasteiger partial charge in [0.05, 0.1) is 24.1 Å². The third-order valence-electron chi connectivity index (χ3n) is 3.78. The number of pyridine rings is 1. The number of rotatable bonds is 5. The van der Waals surface area contributed by atoms with Crippen LogP contribution in [-0.4, -0.2) is 16.6 Å². The summed E-state index contributed by atoms with van der Waals surface area (Å²) in [6, 6.07) is 7.16. The zero-order valence-electron chi connectivity index (χ0n) is 13.2. The highest BCUT2D eigenvalue weighted by atomic mass is 19.4. The second-order valence-corrected chi connectivity index (χ2v) is 5.56. The molecule has 3 nitrogen and oxygen atoms in total. The fourth-order valence-corrected chi connectivity index (χ4v) is 2.50. The topological polar surface area (TPSA) is 37.9 Å². The quantitative estimate of drug-likeness (QED) is 0.632. The molecule has 0 saturated carbocycles. The van der Waals surface area contributed by atoms with Gasteiger partial charge in [-0.1, -0.05) is 13.3 Å². The molecule has 0 saturated heterocycles. The minimum Gasteiger partial charge on any atom is -0.491 e. The average molecular weight is 334 g/mol. The standard InChI is InChI=1S/C18H17F3N2O/c1-2-3-8-24-17-11-22-7-6-14(17)16-10-12-9-13(18(19,20)21)4-5-15(12)23-16/h4-7,9-11,23H,2-3,8H2,1H3. The van der Waals surface area contributed by atoms with E-state index in [4.69, 9.17) is 4.74 Å². The van der Waals surface area contributed by atoms with E-state index in [0.29, 0.717) is 29.0 Å². The van der Waals surface area contributed by atoms with Crippen molar-refractivity contribution in [3.05, 3.63) is 48.3 Å². The summed E-state index contributed by atoms with van der Waals surface area (Å²) in [6.45, 7) is 2.65. The smallest absolute Gasteiger partial charge is 0.416 e. The molecular formula is C18H17F3N2O. The molecule has 2 heterocycles. The van der Waals surface area contributed by atoms with Crippen LogP contribution in [0.25, 0.3) is 22.2 Å². The third kappa shape index (κ3) is 3.37. The predicted molar refractivity (Wildman–Crippen MR) is 86.9 cm³/mol. The van der Waals surface area contributed by atoms with Gasteiger partial charge in [0.25, 0.3) is 0 Å². The maximum Gasteiger partial charge on any atom is 0.416 e. The van der Waals surface area contributed by atoms with Crippen molar-refractivity contribution < 1.29 is 17.9 Å². The van der Waals surface area contributed by atoms with Crippen molar-refractivity contribution in [3.8, 4) is 17.0 Å². The van der Waals surface area contributed by atoms with E-state index in [2.05, 4.69) is 16.9 Å². The number of fused-ring (bicyclic) bond motifs is 1. The first-order valence-corrected chi connectivity index (χ1v) is 7.76. The van der Waals surface area contributed by atoms with Gasteiger partial charge in [-0.3, -0.25) is 4.98 Å². The number of aromatic amines is 1. The molecule has 1 aromatic carbocycles. The summed E-state index contributed by atoms with van der Waals surface area (Å²) in [4.78, 5) is 7.21. The lowest BCUT2D eigenvalue weighted by Crippen LogP contribution is -2.03. The van der Waals surface area contributed by atoms with Crippen molar-refractivity contribution >= 4 is 10.9 Å². The molecule has 2 aromatic heterocycles. The summed E-state index contributed by atoms with van der Waals surface area (Å²) in [5, 5.41) is 0.510. The Labute approximate surface area is 137 Å². The molecule has 0 radical (unpaired) electrons. The summed E-state index contributed by atoms with van der Waals surface area (Å²) in [5.41, 5.74) is 1.48. The van der Waals surface area contributed by atoms with E-state index in [-0.39, 0.29) is 0 Å². The molecule has 0 atom stereocenters. The monoisotopic (exact) mass is 334 g/mol. The first-order chi connectivity index (χ1) is 11.5. The van der Waals surface area contributed by atoms with Crippen LogP contribution in [0.2, 0.25) is 0 Å². The zero-order valence-corrected chi connectivity index (χ0v) is 13.2. The molecule has 0 aliphatic heterocycles. The second kappa shape index (κ2) is 6.55. The van der Waals surface area contributed by atoms with Crippen LogP contribution in [0.3, 0.4) is 0 Å². The molecule has 0 unspecified atom stereocenters. The van der Waals surface area contributed by atoms with Crippen molar-refractivity contribution in [1.82, 2.24) is 9.97 Å². The lowest BCUT2D eigenvalue weighted by Gasteiger charge is -2.09. The molecule has 3 rings (SSSR count). The lowest BCUT2D eigenvalue weighted by atomic mass is 10.1. The van der Waals surface area contributed by atoms with Crippen LogP contribution in [0.15, 0.2) is 42.7 Å². The van der Waals surface area contributed by atoms with Gasteiger partial charge in [-0.15, -0.1) is 0 Å². The molecule has 0 spiro atoms. The highest BCUT2D eigenvalue weighted by molar-refractivity contribution is 5.87. The summed E-state index contributed by atoms with van der Waals surface area (Å²) in [6.07, 6.45) is 0.848. The number of hydrogen-bond acceptors (Lipinski definition) is 2. The Morgan fingerprint density at radius 1 is 1.17 bits per heavy atom. The SMILES string of the molecule is CCCCOc1cnccc1-c1cc2cc(C(F)(F)F)ccc2[nH]1. The van der Waals surface area contributed by atoms with E-state index in [0.717, 1.165) is 30.5 Å². The highest BCUT2D eigenvalue weighted by Crippen LogP contribution is 2.34. The Balaban J connectivity index is 1.98. The van der Waals surface area contributed by atoms with Gasteiger partial charge in [-0.05, 0) is 36.8 Å². The van der Waals surface area contributed by atoms with Gasteiger partial charge < -0.3 is 9.72 Å². The number of nitrogens with one attached hydrogen (secondary N) is 1. The van der Waals surface area contributed by atoms with Gasteiger partial charge >= 0.3 is 6.18 Å². The minimum absolute atomic E-state index is 0.510. The molecule has 0 aliphatic carbocycles. The normalized spacial score (nSPS) is 11.8. The maximum atomic E-state index is 12.8. The fourth-order valence-electron chi connectivity index (χ4n) is 2.50. The number of hydrogen-bond donors (Lipinski definition) is 1. The average Bonchev–Trinajstić information content (AvgIpc) is 2.97. The summed E-state index contributed by atoms with van der Waals surface area (Å²) in [7, 11) is 0. The van der Waals surface area contributed by atoms with Crippen LogP contribution in [0.1, 0.15) is 25.3 Å². The van der Waals surface area contributed by atoms with E-state index >= 15 is 0 Å². The molecule has 0 fully saturated rings. The van der Waals surface area contributed by atoms with Crippen molar-refractivity contribution in [2.24, 2.45) is 0 Å². The first kappa shape index (κ1) is 16.4. The van der Waals surface area contributed by atoms with E-state index in [1.54, 1.807) is 24.5 Å². The number of nitrogens with zero attached hydrogens (tertiary/aromatic N) is 1. The fraction of sp³-hybridized carbons (Fsp3) is 0.278. The van der Waals surface area contributed by atoms with Gasteiger partial charge in [0.1, 0.15) is 5.75 Å². The van der Waals surface area contributed by atoms with Gasteiger partial charge in [-0.25, -0.2) is 0 Å². The molecule has 0 amide bonds. The van der Waals surface area contributed by atoms with Crippen LogP contribution >= 0.6 is 0 Å². The minimum atomic E-state index is -4.35. The molecule has 24 heavy (non-hydrogen) atoms. The number of unbranched alkanes of at least 4 members (excludes halogenated alkanes) is 1. The van der Waals surface area contributed by atoms with E-state index in [1.807, 2.05) is 0 Å². The number of H-pyrrole nitrogens is 1. The Morgan fingerprint density at radius 2 is 2.00 bits per heavy atom. The summed E-state index contributed by atoms with van der Waals surface area (Å²) < 4.78 is 44.3. The van der Waals surface area contributed by atoms with Crippen molar-refractivity contribution in [3.63, 3.8) is 0 Å². The Morgan fingerprint density at radius 3 is 2.75 bits per heavy atom. The van der Waals surface area contributed by atoms with Gasteiger partial charge in [-0.2, -0.15) is 13.2 Å². The number of ether oxygens (including phenoxy) is 1. The summed E-state index contributed by atoms with van der Waals surface area (Å²) >= 11 is 0. The van der Waals surface area contributed by atoms with Crippen LogP contribution < -0.4 is 4.74 Å². The van der Waals surface area contributed by atoms with Gasteiger partial charge in [0.15, 0.2) is 0 Å². The number of halogens is 3. The maximum absolute atomic E-state index is 12.8. The van der Waals surface area contributed by atoms with Gasteiger partial charge in [0.2, 0.25) is 0 Å². The van der Waals surface area contributed by atoms with E-state index in [1.165, 1.54) is 6.07 Å². The van der Waals surface area contributed by atoms with E-state index < -0.39 is 11.7 Å². The Hall–Kier alpha value is -2.50. The van der Waals surface area contributed by atoms with Crippen molar-refractivity contribution in [1.29, 1.82) is 0 Å². The summed E-state index contributed by atoms with van der Waals surface area (Å²) in [5.74, 6) is 0.619.